The molecule has 0 fully saturated rings. The molecule has 4 N–H and O–H groups in total. The number of hydrogen-bond acceptors (Lipinski definition) is 4. The van der Waals surface area contributed by atoms with E-state index in [1.165, 1.54) is 6.20 Å². The SMILES string of the molecule is CCc1ncc(S(=O)(=O)NCC(N)CC(C)(C)C)[nH]1. The first-order valence-electron chi connectivity index (χ1n) is 6.43. The Hall–Kier alpha value is -0.920. The van der Waals surface area contributed by atoms with Crippen LogP contribution in [0, 0.1) is 5.41 Å². The van der Waals surface area contributed by atoms with Crippen molar-refractivity contribution in [1.82, 2.24) is 14.7 Å². The summed E-state index contributed by atoms with van der Waals surface area (Å²) in [4.78, 5) is 6.75. The molecule has 1 aromatic rings. The van der Waals surface area contributed by atoms with Crippen LogP contribution in [0.15, 0.2) is 11.2 Å². The van der Waals surface area contributed by atoms with Crippen molar-refractivity contribution in [3.63, 3.8) is 0 Å². The average molecular weight is 288 g/mol. The van der Waals surface area contributed by atoms with Crippen molar-refractivity contribution in [3.05, 3.63) is 12.0 Å². The Morgan fingerprint density at radius 3 is 2.58 bits per heavy atom. The van der Waals surface area contributed by atoms with Crippen LogP contribution in [0.2, 0.25) is 0 Å². The first-order chi connectivity index (χ1) is 8.64. The van der Waals surface area contributed by atoms with Crippen LogP contribution in [0.4, 0.5) is 0 Å². The summed E-state index contributed by atoms with van der Waals surface area (Å²) in [5.74, 6) is 0.652. The minimum Gasteiger partial charge on any atom is -0.332 e. The van der Waals surface area contributed by atoms with Gasteiger partial charge >= 0.3 is 0 Å². The van der Waals surface area contributed by atoms with E-state index >= 15 is 0 Å². The number of nitrogens with zero attached hydrogens (tertiary/aromatic N) is 1. The summed E-state index contributed by atoms with van der Waals surface area (Å²) >= 11 is 0. The molecule has 110 valence electrons. The number of imidazole rings is 1. The predicted molar refractivity (Wildman–Crippen MR) is 75.2 cm³/mol. The van der Waals surface area contributed by atoms with Crippen LogP contribution in [0.3, 0.4) is 0 Å². The number of hydrogen-bond donors (Lipinski definition) is 3. The second kappa shape index (κ2) is 6.02. The van der Waals surface area contributed by atoms with Crippen molar-refractivity contribution in [1.29, 1.82) is 0 Å². The van der Waals surface area contributed by atoms with E-state index in [9.17, 15) is 8.42 Å². The van der Waals surface area contributed by atoms with Crippen molar-refractivity contribution >= 4 is 10.0 Å². The van der Waals surface area contributed by atoms with E-state index in [0.29, 0.717) is 12.2 Å². The van der Waals surface area contributed by atoms with Gasteiger partial charge in [-0.05, 0) is 11.8 Å². The quantitative estimate of drug-likeness (QED) is 0.727. The molecule has 1 aromatic heterocycles. The average Bonchev–Trinajstić information content (AvgIpc) is 2.73. The smallest absolute Gasteiger partial charge is 0.257 e. The monoisotopic (exact) mass is 288 g/mol. The van der Waals surface area contributed by atoms with Crippen molar-refractivity contribution < 1.29 is 8.42 Å². The van der Waals surface area contributed by atoms with Gasteiger partial charge in [-0.15, -0.1) is 0 Å². The van der Waals surface area contributed by atoms with Crippen LogP contribution in [0.1, 0.15) is 39.9 Å². The highest BCUT2D eigenvalue weighted by molar-refractivity contribution is 7.89. The lowest BCUT2D eigenvalue weighted by Crippen LogP contribution is -2.39. The summed E-state index contributed by atoms with van der Waals surface area (Å²) in [5.41, 5.74) is 6.00. The Balaban J connectivity index is 2.61. The second-order valence-corrected chi connectivity index (χ2v) is 7.66. The molecular formula is C12H24N4O2S. The standard InChI is InChI=1S/C12H24N4O2S/c1-5-10-14-8-11(16-10)19(17,18)15-7-9(13)6-12(2,3)4/h8-9,15H,5-7,13H2,1-4H3,(H,14,16). The molecule has 1 heterocycles. The Morgan fingerprint density at radius 1 is 1.47 bits per heavy atom. The van der Waals surface area contributed by atoms with E-state index in [1.807, 2.05) is 6.92 Å². The van der Waals surface area contributed by atoms with Gasteiger partial charge in [0.2, 0.25) is 0 Å². The molecule has 0 radical (unpaired) electrons. The summed E-state index contributed by atoms with van der Waals surface area (Å²) in [6.45, 7) is 8.35. The summed E-state index contributed by atoms with van der Waals surface area (Å²) in [6, 6.07) is -0.205. The zero-order chi connectivity index (χ0) is 14.7. The molecule has 0 saturated carbocycles. The van der Waals surface area contributed by atoms with Gasteiger partial charge in [-0.25, -0.2) is 18.1 Å². The van der Waals surface area contributed by atoms with Crippen LogP contribution < -0.4 is 10.5 Å². The fraction of sp³-hybridized carbons (Fsp3) is 0.750. The van der Waals surface area contributed by atoms with E-state index in [4.69, 9.17) is 5.73 Å². The maximum atomic E-state index is 12.0. The minimum absolute atomic E-state index is 0.0776. The minimum atomic E-state index is -3.55. The van der Waals surface area contributed by atoms with Gasteiger partial charge in [-0.2, -0.15) is 0 Å². The molecule has 1 rings (SSSR count). The zero-order valence-corrected chi connectivity index (χ0v) is 12.8. The molecule has 0 aliphatic heterocycles. The number of rotatable bonds is 6. The molecule has 1 atom stereocenters. The number of aromatic nitrogens is 2. The predicted octanol–water partition coefficient (Wildman–Crippen LogP) is 1.01. The maximum Gasteiger partial charge on any atom is 0.257 e. The normalized spacial score (nSPS) is 14.6. The molecule has 0 spiro atoms. The summed E-state index contributed by atoms with van der Waals surface area (Å²) in [7, 11) is -3.55. The molecule has 0 bridgehead atoms. The number of H-pyrrole nitrogens is 1. The van der Waals surface area contributed by atoms with Crippen molar-refractivity contribution in [2.45, 2.75) is 51.6 Å². The molecule has 1 unspecified atom stereocenters. The Labute approximate surface area is 115 Å². The van der Waals surface area contributed by atoms with Crippen molar-refractivity contribution in [3.8, 4) is 0 Å². The molecule has 0 amide bonds. The molecular weight excluding hydrogens is 264 g/mol. The van der Waals surface area contributed by atoms with Gasteiger partial charge in [0.25, 0.3) is 10.0 Å². The first-order valence-corrected chi connectivity index (χ1v) is 7.91. The van der Waals surface area contributed by atoms with Gasteiger partial charge in [0.1, 0.15) is 5.82 Å². The molecule has 0 aromatic carbocycles. The first kappa shape index (κ1) is 16.1. The van der Waals surface area contributed by atoms with Crippen LogP contribution >= 0.6 is 0 Å². The molecule has 7 heteroatoms. The van der Waals surface area contributed by atoms with E-state index < -0.39 is 10.0 Å². The topological polar surface area (TPSA) is 101 Å². The van der Waals surface area contributed by atoms with Crippen LogP contribution in [-0.2, 0) is 16.4 Å². The van der Waals surface area contributed by atoms with Crippen LogP contribution in [-0.4, -0.2) is 31.0 Å². The lowest BCUT2D eigenvalue weighted by atomic mass is 9.88. The third-order valence-corrected chi connectivity index (χ3v) is 3.97. The number of aromatic amines is 1. The molecule has 0 aliphatic rings. The maximum absolute atomic E-state index is 12.0. The van der Waals surface area contributed by atoms with Crippen LogP contribution in [0.5, 0.6) is 0 Å². The summed E-state index contributed by atoms with van der Waals surface area (Å²) in [6.07, 6.45) is 2.74. The Bertz CT molecular complexity index is 502. The molecule has 0 saturated heterocycles. The molecule has 0 aliphatic carbocycles. The van der Waals surface area contributed by atoms with Crippen molar-refractivity contribution in [2.24, 2.45) is 11.1 Å². The largest absolute Gasteiger partial charge is 0.332 e. The summed E-state index contributed by atoms with van der Waals surface area (Å²) < 4.78 is 26.5. The van der Waals surface area contributed by atoms with Crippen molar-refractivity contribution in [2.75, 3.05) is 6.54 Å². The highest BCUT2D eigenvalue weighted by Crippen LogP contribution is 2.19. The number of nitrogens with two attached hydrogens (primary N) is 1. The number of nitrogens with one attached hydrogen (secondary N) is 2. The third-order valence-electron chi connectivity index (χ3n) is 2.64. The highest BCUT2D eigenvalue weighted by atomic mass is 32.2. The fourth-order valence-corrected chi connectivity index (χ4v) is 2.85. The van der Waals surface area contributed by atoms with E-state index in [2.05, 4.69) is 35.5 Å². The second-order valence-electron chi connectivity index (χ2n) is 5.92. The van der Waals surface area contributed by atoms with Gasteiger partial charge in [0, 0.05) is 19.0 Å². The third kappa shape index (κ3) is 5.30. The van der Waals surface area contributed by atoms with Crippen LogP contribution in [0.25, 0.3) is 0 Å². The number of sulfonamides is 1. The van der Waals surface area contributed by atoms with E-state index in [-0.39, 0.29) is 23.0 Å². The lowest BCUT2D eigenvalue weighted by molar-refractivity contribution is 0.338. The number of aryl methyl sites for hydroxylation is 1. The Morgan fingerprint density at radius 2 is 2.11 bits per heavy atom. The highest BCUT2D eigenvalue weighted by Gasteiger charge is 2.20. The van der Waals surface area contributed by atoms with E-state index in [1.54, 1.807) is 0 Å². The lowest BCUT2D eigenvalue weighted by Gasteiger charge is -2.23. The molecule has 6 nitrogen and oxygen atoms in total. The molecule has 19 heavy (non-hydrogen) atoms. The van der Waals surface area contributed by atoms with Gasteiger partial charge in [0.15, 0.2) is 5.03 Å². The zero-order valence-electron chi connectivity index (χ0n) is 12.0. The Kier molecular flexibility index (Phi) is 5.11. The fourth-order valence-electron chi connectivity index (χ4n) is 1.81. The van der Waals surface area contributed by atoms with Gasteiger partial charge in [0.05, 0.1) is 6.20 Å². The van der Waals surface area contributed by atoms with Gasteiger partial charge in [-0.1, -0.05) is 27.7 Å². The summed E-state index contributed by atoms with van der Waals surface area (Å²) in [5, 5.41) is 0.0901. The van der Waals surface area contributed by atoms with Gasteiger partial charge in [-0.3, -0.25) is 0 Å². The van der Waals surface area contributed by atoms with E-state index in [0.717, 1.165) is 6.42 Å². The van der Waals surface area contributed by atoms with Gasteiger partial charge < -0.3 is 10.7 Å².